The molecule has 2 atom stereocenters. The van der Waals surface area contributed by atoms with Gasteiger partial charge in [-0.05, 0) is 18.8 Å². The van der Waals surface area contributed by atoms with Gasteiger partial charge >= 0.3 is 12.0 Å². The van der Waals surface area contributed by atoms with E-state index in [1.165, 1.54) is 0 Å². The monoisotopic (exact) mass is 244 g/mol. The highest BCUT2D eigenvalue weighted by molar-refractivity contribution is 5.74. The summed E-state index contributed by atoms with van der Waals surface area (Å²) in [6.07, 6.45) is 2.51. The highest BCUT2D eigenvalue weighted by Crippen LogP contribution is 2.31. The summed E-state index contributed by atoms with van der Waals surface area (Å²) in [5.74, 6) is -1.01. The fourth-order valence-corrected chi connectivity index (χ4v) is 2.16. The van der Waals surface area contributed by atoms with Crippen LogP contribution in [0.5, 0.6) is 0 Å². The minimum atomic E-state index is -0.755. The fourth-order valence-electron chi connectivity index (χ4n) is 2.16. The molecule has 0 heterocycles. The van der Waals surface area contributed by atoms with Gasteiger partial charge < -0.3 is 20.5 Å². The number of hydrogen-bond acceptors (Lipinski definition) is 3. The molecule has 0 aromatic rings. The summed E-state index contributed by atoms with van der Waals surface area (Å²) in [7, 11) is 1.57. The molecule has 2 unspecified atom stereocenters. The molecule has 1 fully saturated rings. The van der Waals surface area contributed by atoms with Crippen molar-refractivity contribution < 1.29 is 19.4 Å². The topological polar surface area (TPSA) is 87.7 Å². The number of carbonyl (C=O) groups is 2. The first-order chi connectivity index (χ1) is 8.15. The van der Waals surface area contributed by atoms with E-state index in [0.29, 0.717) is 26.1 Å². The number of rotatable bonds is 6. The van der Waals surface area contributed by atoms with Gasteiger partial charge in [0.15, 0.2) is 0 Å². The Morgan fingerprint density at radius 1 is 1.35 bits per heavy atom. The van der Waals surface area contributed by atoms with Gasteiger partial charge in [0, 0.05) is 20.2 Å². The molecule has 3 N–H and O–H groups in total. The third kappa shape index (κ3) is 4.60. The number of urea groups is 1. The smallest absolute Gasteiger partial charge is 0.314 e. The Kier molecular flexibility index (Phi) is 5.76. The molecule has 98 valence electrons. The lowest BCUT2D eigenvalue weighted by Gasteiger charge is -2.16. The second kappa shape index (κ2) is 7.11. The van der Waals surface area contributed by atoms with Crippen LogP contribution < -0.4 is 10.6 Å². The Morgan fingerprint density at radius 3 is 2.76 bits per heavy atom. The van der Waals surface area contributed by atoms with Crippen LogP contribution in [0.3, 0.4) is 0 Å². The third-order valence-electron chi connectivity index (χ3n) is 3.09. The zero-order chi connectivity index (χ0) is 12.7. The molecule has 2 amide bonds. The fraction of sp³-hybridized carbons (Fsp3) is 0.818. The Morgan fingerprint density at radius 2 is 2.12 bits per heavy atom. The van der Waals surface area contributed by atoms with E-state index in [1.54, 1.807) is 7.11 Å². The molecule has 17 heavy (non-hydrogen) atoms. The van der Waals surface area contributed by atoms with Gasteiger partial charge in [-0.3, -0.25) is 4.79 Å². The quantitative estimate of drug-likeness (QED) is 0.591. The number of carboxylic acid groups (broad SMARTS) is 1. The second-order valence-corrected chi connectivity index (χ2v) is 4.27. The van der Waals surface area contributed by atoms with Crippen molar-refractivity contribution in [3.63, 3.8) is 0 Å². The van der Waals surface area contributed by atoms with E-state index >= 15 is 0 Å². The van der Waals surface area contributed by atoms with Gasteiger partial charge in [-0.1, -0.05) is 6.42 Å². The number of nitrogens with one attached hydrogen (secondary N) is 2. The largest absolute Gasteiger partial charge is 0.481 e. The number of carbonyl (C=O) groups excluding carboxylic acids is 1. The predicted molar refractivity (Wildman–Crippen MR) is 61.7 cm³/mol. The highest BCUT2D eigenvalue weighted by Gasteiger charge is 2.32. The molecule has 0 bridgehead atoms. The standard InChI is InChI=1S/C11H20N2O4/c1-17-6-5-12-11(16)13-7-8-3-2-4-9(8)10(14)15/h8-9H,2-7H2,1H3,(H,14,15)(H2,12,13,16). The van der Waals surface area contributed by atoms with Gasteiger partial charge in [-0.25, -0.2) is 4.79 Å². The molecule has 0 aliphatic heterocycles. The van der Waals surface area contributed by atoms with Gasteiger partial charge in [0.25, 0.3) is 0 Å². The summed E-state index contributed by atoms with van der Waals surface area (Å²) in [5, 5.41) is 14.3. The number of carboxylic acids is 1. The number of ether oxygens (including phenoxy) is 1. The molecule has 1 aliphatic carbocycles. The normalized spacial score (nSPS) is 23.4. The summed E-state index contributed by atoms with van der Waals surface area (Å²) < 4.78 is 4.80. The van der Waals surface area contributed by atoms with Crippen molar-refractivity contribution in [2.24, 2.45) is 11.8 Å². The van der Waals surface area contributed by atoms with Crippen LogP contribution in [0.15, 0.2) is 0 Å². The summed E-state index contributed by atoms with van der Waals surface area (Å²) in [4.78, 5) is 22.2. The van der Waals surface area contributed by atoms with E-state index in [4.69, 9.17) is 9.84 Å². The van der Waals surface area contributed by atoms with Gasteiger partial charge in [0.1, 0.15) is 0 Å². The Labute approximate surface area is 101 Å². The van der Waals surface area contributed by atoms with Gasteiger partial charge in [-0.2, -0.15) is 0 Å². The maximum atomic E-state index is 11.3. The summed E-state index contributed by atoms with van der Waals surface area (Å²) in [5.41, 5.74) is 0. The molecule has 0 spiro atoms. The Balaban J connectivity index is 2.21. The maximum Gasteiger partial charge on any atom is 0.314 e. The van der Waals surface area contributed by atoms with Crippen LogP contribution in [0.4, 0.5) is 4.79 Å². The number of aliphatic carboxylic acids is 1. The Bertz CT molecular complexity index is 270. The SMILES string of the molecule is COCCNC(=O)NCC1CCCC1C(=O)O. The zero-order valence-electron chi connectivity index (χ0n) is 10.1. The van der Waals surface area contributed by atoms with Crippen molar-refractivity contribution in [3.8, 4) is 0 Å². The molecule has 1 saturated carbocycles. The van der Waals surface area contributed by atoms with Crippen molar-refractivity contribution in [1.82, 2.24) is 10.6 Å². The van der Waals surface area contributed by atoms with Crippen LogP contribution in [-0.4, -0.2) is 43.9 Å². The number of methoxy groups -OCH3 is 1. The number of amides is 2. The minimum absolute atomic E-state index is 0.0562. The van der Waals surface area contributed by atoms with E-state index in [0.717, 1.165) is 12.8 Å². The van der Waals surface area contributed by atoms with Crippen LogP contribution >= 0.6 is 0 Å². The lowest BCUT2D eigenvalue weighted by molar-refractivity contribution is -0.142. The first kappa shape index (κ1) is 13.8. The lowest BCUT2D eigenvalue weighted by atomic mass is 9.96. The van der Waals surface area contributed by atoms with E-state index in [9.17, 15) is 9.59 Å². The van der Waals surface area contributed by atoms with E-state index in [1.807, 2.05) is 0 Å². The van der Waals surface area contributed by atoms with Gasteiger partial charge in [-0.15, -0.1) is 0 Å². The van der Waals surface area contributed by atoms with Crippen LogP contribution in [-0.2, 0) is 9.53 Å². The van der Waals surface area contributed by atoms with Gasteiger partial charge in [0.2, 0.25) is 0 Å². The average Bonchev–Trinajstić information content (AvgIpc) is 2.75. The van der Waals surface area contributed by atoms with E-state index < -0.39 is 5.97 Å². The molecule has 6 nitrogen and oxygen atoms in total. The first-order valence-corrected chi connectivity index (χ1v) is 5.88. The summed E-state index contributed by atoms with van der Waals surface area (Å²) >= 11 is 0. The molecule has 0 aromatic carbocycles. The molecule has 0 aromatic heterocycles. The molecule has 0 saturated heterocycles. The third-order valence-corrected chi connectivity index (χ3v) is 3.09. The predicted octanol–water partition coefficient (Wildman–Crippen LogP) is 0.433. The molecule has 0 radical (unpaired) electrons. The van der Waals surface area contributed by atoms with Crippen LogP contribution in [0.1, 0.15) is 19.3 Å². The van der Waals surface area contributed by atoms with Crippen molar-refractivity contribution >= 4 is 12.0 Å². The molecular formula is C11H20N2O4. The van der Waals surface area contributed by atoms with Crippen molar-refractivity contribution in [2.75, 3.05) is 26.8 Å². The molecule has 1 aliphatic rings. The first-order valence-electron chi connectivity index (χ1n) is 5.88. The van der Waals surface area contributed by atoms with Crippen LogP contribution in [0, 0.1) is 11.8 Å². The van der Waals surface area contributed by atoms with E-state index in [2.05, 4.69) is 10.6 Å². The van der Waals surface area contributed by atoms with Crippen LogP contribution in [0.2, 0.25) is 0 Å². The van der Waals surface area contributed by atoms with Crippen molar-refractivity contribution in [3.05, 3.63) is 0 Å². The second-order valence-electron chi connectivity index (χ2n) is 4.27. The summed E-state index contributed by atoms with van der Waals surface area (Å²) in [6.45, 7) is 1.35. The zero-order valence-corrected chi connectivity index (χ0v) is 10.1. The Hall–Kier alpha value is -1.30. The van der Waals surface area contributed by atoms with Crippen LogP contribution in [0.25, 0.3) is 0 Å². The molecule has 6 heteroatoms. The van der Waals surface area contributed by atoms with Gasteiger partial charge in [0.05, 0.1) is 12.5 Å². The van der Waals surface area contributed by atoms with Crippen molar-refractivity contribution in [1.29, 1.82) is 0 Å². The van der Waals surface area contributed by atoms with E-state index in [-0.39, 0.29) is 17.9 Å². The summed E-state index contributed by atoms with van der Waals surface area (Å²) in [6, 6.07) is -0.266. The molecular weight excluding hydrogens is 224 g/mol. The maximum absolute atomic E-state index is 11.3. The lowest BCUT2D eigenvalue weighted by Crippen LogP contribution is -2.40. The minimum Gasteiger partial charge on any atom is -0.481 e. The average molecular weight is 244 g/mol. The highest BCUT2D eigenvalue weighted by atomic mass is 16.5. The molecule has 1 rings (SSSR count). The number of hydrogen-bond donors (Lipinski definition) is 3. The van der Waals surface area contributed by atoms with Crippen molar-refractivity contribution in [2.45, 2.75) is 19.3 Å².